The van der Waals surface area contributed by atoms with Gasteiger partial charge in [-0.3, -0.25) is 9.48 Å². The minimum absolute atomic E-state index is 0.126. The zero-order valence-electron chi connectivity index (χ0n) is 16.6. The van der Waals surface area contributed by atoms with Gasteiger partial charge < -0.3 is 10.3 Å². The molecule has 0 spiro atoms. The number of benzene rings is 2. The number of fused-ring (bicyclic) bond motifs is 1. The SMILES string of the molecule is O=C(CCCc1c[nH]c2ccccc12)Nc1cnn(Cc2cccc(C(F)(F)F)c2)c1. The number of nitrogens with zero attached hydrogens (tertiary/aromatic N) is 2. The standard InChI is InChI=1S/C23H21F3N4O/c24-23(25,26)18-7-3-5-16(11-18)14-30-15-19(13-28-30)29-22(31)10-4-6-17-12-27-21-9-2-1-8-20(17)21/h1-3,5,7-9,11-13,15,27H,4,6,10,14H2,(H,29,31). The lowest BCUT2D eigenvalue weighted by molar-refractivity contribution is -0.137. The first-order valence-electron chi connectivity index (χ1n) is 9.92. The summed E-state index contributed by atoms with van der Waals surface area (Å²) in [6, 6.07) is 13.2. The van der Waals surface area contributed by atoms with E-state index in [9.17, 15) is 18.0 Å². The van der Waals surface area contributed by atoms with Crippen LogP contribution in [0.1, 0.15) is 29.5 Å². The number of hydrogen-bond acceptors (Lipinski definition) is 2. The minimum atomic E-state index is -4.38. The van der Waals surface area contributed by atoms with Gasteiger partial charge in [-0.2, -0.15) is 18.3 Å². The topological polar surface area (TPSA) is 62.7 Å². The summed E-state index contributed by atoms with van der Waals surface area (Å²) in [6.07, 6.45) is 2.53. The molecule has 5 nitrogen and oxygen atoms in total. The van der Waals surface area contributed by atoms with Crippen LogP contribution in [-0.4, -0.2) is 20.7 Å². The van der Waals surface area contributed by atoms with Crippen LogP contribution in [0.25, 0.3) is 10.9 Å². The van der Waals surface area contributed by atoms with Gasteiger partial charge in [-0.15, -0.1) is 0 Å². The highest BCUT2D eigenvalue weighted by Gasteiger charge is 2.30. The summed E-state index contributed by atoms with van der Waals surface area (Å²) in [4.78, 5) is 15.5. The summed E-state index contributed by atoms with van der Waals surface area (Å²) in [5, 5.41) is 8.08. The first kappa shape index (κ1) is 20.7. The Labute approximate surface area is 176 Å². The minimum Gasteiger partial charge on any atom is -0.361 e. The summed E-state index contributed by atoms with van der Waals surface area (Å²) >= 11 is 0. The quantitative estimate of drug-likeness (QED) is 0.416. The third kappa shape index (κ3) is 5.14. The molecule has 2 heterocycles. The highest BCUT2D eigenvalue weighted by Crippen LogP contribution is 2.29. The zero-order chi connectivity index (χ0) is 21.8. The maximum Gasteiger partial charge on any atom is 0.416 e. The Morgan fingerprint density at radius 1 is 1.13 bits per heavy atom. The van der Waals surface area contributed by atoms with E-state index in [4.69, 9.17) is 0 Å². The number of hydrogen-bond donors (Lipinski definition) is 2. The van der Waals surface area contributed by atoms with E-state index in [0.29, 0.717) is 24.1 Å². The molecular weight excluding hydrogens is 405 g/mol. The third-order valence-corrected chi connectivity index (χ3v) is 5.04. The van der Waals surface area contributed by atoms with Gasteiger partial charge in [0.15, 0.2) is 0 Å². The maximum absolute atomic E-state index is 12.9. The normalized spacial score (nSPS) is 11.7. The molecule has 2 aromatic carbocycles. The third-order valence-electron chi connectivity index (χ3n) is 5.04. The Morgan fingerprint density at radius 3 is 2.81 bits per heavy atom. The van der Waals surface area contributed by atoms with Crippen molar-refractivity contribution in [2.24, 2.45) is 0 Å². The van der Waals surface area contributed by atoms with Gasteiger partial charge in [0.05, 0.1) is 24.0 Å². The van der Waals surface area contributed by atoms with Crippen LogP contribution in [0.15, 0.2) is 67.1 Å². The molecule has 0 bridgehead atoms. The second-order valence-electron chi connectivity index (χ2n) is 7.39. The number of alkyl halides is 3. The van der Waals surface area contributed by atoms with Gasteiger partial charge in [-0.25, -0.2) is 0 Å². The maximum atomic E-state index is 12.9. The number of H-pyrrole nitrogens is 1. The van der Waals surface area contributed by atoms with E-state index >= 15 is 0 Å². The summed E-state index contributed by atoms with van der Waals surface area (Å²) in [5.74, 6) is -0.126. The van der Waals surface area contributed by atoms with Gasteiger partial charge in [0.1, 0.15) is 0 Å². The van der Waals surface area contributed by atoms with Crippen LogP contribution >= 0.6 is 0 Å². The van der Waals surface area contributed by atoms with Crippen LogP contribution in [0.4, 0.5) is 18.9 Å². The first-order chi connectivity index (χ1) is 14.9. The van der Waals surface area contributed by atoms with Crippen LogP contribution in [0.5, 0.6) is 0 Å². The Kier molecular flexibility index (Phi) is 5.79. The predicted octanol–water partition coefficient (Wildman–Crippen LogP) is 5.39. The fraction of sp³-hybridized carbons (Fsp3) is 0.217. The molecule has 0 aliphatic heterocycles. The highest BCUT2D eigenvalue weighted by atomic mass is 19.4. The van der Waals surface area contributed by atoms with Crippen molar-refractivity contribution in [1.29, 1.82) is 0 Å². The van der Waals surface area contributed by atoms with Crippen molar-refractivity contribution < 1.29 is 18.0 Å². The van der Waals surface area contributed by atoms with Crippen molar-refractivity contribution >= 4 is 22.5 Å². The molecular formula is C23H21F3N4O. The molecule has 2 aromatic heterocycles. The van der Waals surface area contributed by atoms with Crippen LogP contribution in [-0.2, 0) is 23.9 Å². The van der Waals surface area contributed by atoms with Crippen molar-refractivity contribution in [3.8, 4) is 0 Å². The van der Waals surface area contributed by atoms with Gasteiger partial charge in [0, 0.05) is 29.7 Å². The number of amides is 1. The molecule has 160 valence electrons. The van der Waals surface area contributed by atoms with Gasteiger partial charge >= 0.3 is 6.18 Å². The molecule has 8 heteroatoms. The Hall–Kier alpha value is -3.55. The molecule has 2 N–H and O–H groups in total. The Bertz CT molecular complexity index is 1190. The fourth-order valence-electron chi connectivity index (χ4n) is 3.55. The fourth-order valence-corrected chi connectivity index (χ4v) is 3.55. The van der Waals surface area contributed by atoms with Crippen LogP contribution in [0.2, 0.25) is 0 Å². The molecule has 0 saturated carbocycles. The van der Waals surface area contributed by atoms with E-state index < -0.39 is 11.7 Å². The molecule has 4 rings (SSSR count). The van der Waals surface area contributed by atoms with Crippen molar-refractivity contribution in [2.45, 2.75) is 32.0 Å². The van der Waals surface area contributed by atoms with Crippen LogP contribution in [0.3, 0.4) is 0 Å². The summed E-state index contributed by atoms with van der Waals surface area (Å²) in [6.45, 7) is 0.181. The number of rotatable bonds is 7. The van der Waals surface area contributed by atoms with E-state index in [1.807, 2.05) is 24.4 Å². The molecule has 31 heavy (non-hydrogen) atoms. The molecule has 0 aliphatic rings. The Morgan fingerprint density at radius 2 is 1.97 bits per heavy atom. The number of carbonyl (C=O) groups is 1. The van der Waals surface area contributed by atoms with E-state index in [2.05, 4.69) is 21.5 Å². The molecule has 1 amide bonds. The largest absolute Gasteiger partial charge is 0.416 e. The average molecular weight is 426 g/mol. The number of nitrogens with one attached hydrogen (secondary N) is 2. The number of aromatic nitrogens is 3. The number of halogens is 3. The predicted molar refractivity (Wildman–Crippen MR) is 113 cm³/mol. The van der Waals surface area contributed by atoms with Gasteiger partial charge in [0.25, 0.3) is 0 Å². The van der Waals surface area contributed by atoms with Gasteiger partial charge in [-0.1, -0.05) is 30.3 Å². The lowest BCUT2D eigenvalue weighted by Crippen LogP contribution is -2.11. The number of anilines is 1. The molecule has 0 fully saturated rings. The lowest BCUT2D eigenvalue weighted by atomic mass is 10.1. The van der Waals surface area contributed by atoms with Crippen molar-refractivity contribution in [2.75, 3.05) is 5.32 Å². The smallest absolute Gasteiger partial charge is 0.361 e. The van der Waals surface area contributed by atoms with Crippen molar-refractivity contribution in [3.63, 3.8) is 0 Å². The van der Waals surface area contributed by atoms with Crippen molar-refractivity contribution in [1.82, 2.24) is 14.8 Å². The Balaban J connectivity index is 1.29. The molecule has 0 saturated heterocycles. The summed E-state index contributed by atoms with van der Waals surface area (Å²) in [5.41, 5.74) is 2.56. The second kappa shape index (κ2) is 8.67. The molecule has 0 atom stereocenters. The van der Waals surface area contributed by atoms with Crippen LogP contribution in [0, 0.1) is 0 Å². The van der Waals surface area contributed by atoms with E-state index in [1.165, 1.54) is 27.9 Å². The second-order valence-corrected chi connectivity index (χ2v) is 7.39. The number of aryl methyl sites for hydroxylation is 1. The van der Waals surface area contributed by atoms with E-state index in [-0.39, 0.29) is 12.5 Å². The summed E-state index contributed by atoms with van der Waals surface area (Å²) in [7, 11) is 0. The number of aromatic amines is 1. The van der Waals surface area contributed by atoms with Gasteiger partial charge in [-0.05, 0) is 42.2 Å². The lowest BCUT2D eigenvalue weighted by Gasteiger charge is -2.08. The van der Waals surface area contributed by atoms with Crippen LogP contribution < -0.4 is 5.32 Å². The van der Waals surface area contributed by atoms with E-state index in [0.717, 1.165) is 24.1 Å². The summed E-state index contributed by atoms with van der Waals surface area (Å²) < 4.78 is 40.1. The molecule has 0 radical (unpaired) electrons. The molecule has 0 unspecified atom stereocenters. The molecule has 0 aliphatic carbocycles. The number of carbonyl (C=O) groups excluding carboxylic acids is 1. The first-order valence-corrected chi connectivity index (χ1v) is 9.92. The molecule has 4 aromatic rings. The zero-order valence-corrected chi connectivity index (χ0v) is 16.6. The number of para-hydroxylation sites is 1. The van der Waals surface area contributed by atoms with Gasteiger partial charge in [0.2, 0.25) is 5.91 Å². The average Bonchev–Trinajstić information content (AvgIpc) is 3.34. The monoisotopic (exact) mass is 426 g/mol. The van der Waals surface area contributed by atoms with Crippen molar-refractivity contribution in [3.05, 3.63) is 83.8 Å². The highest BCUT2D eigenvalue weighted by molar-refractivity contribution is 5.90. The van der Waals surface area contributed by atoms with E-state index in [1.54, 1.807) is 12.3 Å².